The highest BCUT2D eigenvalue weighted by atomic mass is 32.1. The SMILES string of the molecule is COc1ccc(CN2CCN(CC(=O)Nc3sc(C)c(C)c3C#N)CC2)cc1F. The number of ether oxygens (including phenoxy) is 1. The van der Waals surface area contributed by atoms with E-state index in [9.17, 15) is 14.4 Å². The molecule has 1 fully saturated rings. The molecule has 1 aliphatic heterocycles. The molecule has 0 bridgehead atoms. The molecule has 0 spiro atoms. The Morgan fingerprint density at radius 1 is 1.28 bits per heavy atom. The van der Waals surface area contributed by atoms with Crippen LogP contribution in [-0.4, -0.2) is 55.5 Å². The molecule has 1 aliphatic rings. The van der Waals surface area contributed by atoms with Crippen molar-refractivity contribution in [1.29, 1.82) is 5.26 Å². The van der Waals surface area contributed by atoms with E-state index in [1.54, 1.807) is 6.07 Å². The Morgan fingerprint density at radius 2 is 1.97 bits per heavy atom. The molecule has 0 aliphatic carbocycles. The number of halogens is 1. The third kappa shape index (κ3) is 5.12. The quantitative estimate of drug-likeness (QED) is 0.784. The van der Waals surface area contributed by atoms with Gasteiger partial charge in [-0.2, -0.15) is 5.26 Å². The lowest BCUT2D eigenvalue weighted by Crippen LogP contribution is -2.48. The van der Waals surface area contributed by atoms with Crippen molar-refractivity contribution < 1.29 is 13.9 Å². The summed E-state index contributed by atoms with van der Waals surface area (Å²) in [5.74, 6) is -0.204. The van der Waals surface area contributed by atoms with E-state index in [4.69, 9.17) is 4.74 Å². The second kappa shape index (κ2) is 9.35. The van der Waals surface area contributed by atoms with E-state index >= 15 is 0 Å². The Bertz CT molecular complexity index is 929. The summed E-state index contributed by atoms with van der Waals surface area (Å²) < 4.78 is 18.8. The molecule has 1 aromatic heterocycles. The molecule has 0 saturated carbocycles. The fourth-order valence-corrected chi connectivity index (χ4v) is 4.42. The molecule has 0 radical (unpaired) electrons. The summed E-state index contributed by atoms with van der Waals surface area (Å²) in [7, 11) is 1.45. The Kier molecular flexibility index (Phi) is 6.85. The third-order valence-electron chi connectivity index (χ3n) is 5.20. The average molecular weight is 417 g/mol. The maximum atomic E-state index is 13.9. The maximum absolute atomic E-state index is 13.9. The fourth-order valence-electron chi connectivity index (χ4n) is 3.39. The van der Waals surface area contributed by atoms with Gasteiger partial charge in [0.25, 0.3) is 0 Å². The lowest BCUT2D eigenvalue weighted by molar-refractivity contribution is -0.117. The van der Waals surface area contributed by atoms with Gasteiger partial charge in [-0.25, -0.2) is 4.39 Å². The number of nitriles is 1. The van der Waals surface area contributed by atoms with Gasteiger partial charge in [0.15, 0.2) is 11.6 Å². The van der Waals surface area contributed by atoms with Crippen LogP contribution in [0, 0.1) is 31.0 Å². The predicted molar refractivity (Wildman–Crippen MR) is 112 cm³/mol. The van der Waals surface area contributed by atoms with Crippen molar-refractivity contribution in [3.8, 4) is 11.8 Å². The van der Waals surface area contributed by atoms with Crippen LogP contribution >= 0.6 is 11.3 Å². The number of thiophene rings is 1. The first-order valence-electron chi connectivity index (χ1n) is 9.48. The van der Waals surface area contributed by atoms with Crippen LogP contribution in [0.2, 0.25) is 0 Å². The summed E-state index contributed by atoms with van der Waals surface area (Å²) in [5.41, 5.74) is 2.38. The van der Waals surface area contributed by atoms with Crippen molar-refractivity contribution in [3.05, 3.63) is 45.6 Å². The summed E-state index contributed by atoms with van der Waals surface area (Å²) in [6, 6.07) is 7.21. The van der Waals surface area contributed by atoms with Crippen molar-refractivity contribution >= 4 is 22.2 Å². The van der Waals surface area contributed by atoms with E-state index in [1.807, 2.05) is 19.9 Å². The highest BCUT2D eigenvalue weighted by Crippen LogP contribution is 2.31. The minimum absolute atomic E-state index is 0.103. The number of aryl methyl sites for hydroxylation is 1. The zero-order valence-corrected chi connectivity index (χ0v) is 17.7. The van der Waals surface area contributed by atoms with Crippen LogP contribution in [0.1, 0.15) is 21.6 Å². The standard InChI is InChI=1S/C21H25FN4O2S/c1-14-15(2)29-21(17(14)11-23)24-20(27)13-26-8-6-25(7-9-26)12-16-4-5-19(28-3)18(22)10-16/h4-5,10H,6-9,12-13H2,1-3H3,(H,24,27). The monoisotopic (exact) mass is 416 g/mol. The van der Waals surface area contributed by atoms with Crippen molar-refractivity contribution in [3.63, 3.8) is 0 Å². The number of carbonyl (C=O) groups is 1. The first kappa shape index (κ1) is 21.2. The molecule has 2 heterocycles. The van der Waals surface area contributed by atoms with E-state index in [-0.39, 0.29) is 17.5 Å². The second-order valence-electron chi connectivity index (χ2n) is 7.17. The molecule has 8 heteroatoms. The minimum Gasteiger partial charge on any atom is -0.494 e. The third-order valence-corrected chi connectivity index (χ3v) is 6.33. The van der Waals surface area contributed by atoms with Crippen molar-refractivity contribution in [1.82, 2.24) is 9.80 Å². The van der Waals surface area contributed by atoms with Crippen molar-refractivity contribution in [2.45, 2.75) is 20.4 Å². The van der Waals surface area contributed by atoms with Gasteiger partial charge in [0, 0.05) is 37.6 Å². The number of hydrogen-bond acceptors (Lipinski definition) is 6. The minimum atomic E-state index is -0.351. The molecule has 154 valence electrons. The highest BCUT2D eigenvalue weighted by Gasteiger charge is 2.21. The average Bonchev–Trinajstić information content (AvgIpc) is 2.96. The summed E-state index contributed by atoms with van der Waals surface area (Å²) >= 11 is 1.44. The van der Waals surface area contributed by atoms with Crippen LogP contribution in [0.25, 0.3) is 0 Å². The van der Waals surface area contributed by atoms with Gasteiger partial charge in [-0.05, 0) is 37.1 Å². The maximum Gasteiger partial charge on any atom is 0.239 e. The summed E-state index contributed by atoms with van der Waals surface area (Å²) in [6.07, 6.45) is 0. The number of rotatable bonds is 6. The predicted octanol–water partition coefficient (Wildman–Crippen LogP) is 3.14. The van der Waals surface area contributed by atoms with Gasteiger partial charge in [0.1, 0.15) is 11.1 Å². The number of amides is 1. The smallest absolute Gasteiger partial charge is 0.239 e. The Balaban J connectivity index is 1.48. The normalized spacial score (nSPS) is 15.1. The molecule has 1 aromatic carbocycles. The van der Waals surface area contributed by atoms with Gasteiger partial charge < -0.3 is 10.1 Å². The molecule has 29 heavy (non-hydrogen) atoms. The number of piperazine rings is 1. The summed E-state index contributed by atoms with van der Waals surface area (Å²) in [6.45, 7) is 7.95. The first-order valence-corrected chi connectivity index (χ1v) is 10.3. The van der Waals surface area contributed by atoms with Crippen LogP contribution in [0.4, 0.5) is 9.39 Å². The van der Waals surface area contributed by atoms with E-state index in [0.29, 0.717) is 23.7 Å². The topological polar surface area (TPSA) is 68.6 Å². The van der Waals surface area contributed by atoms with E-state index in [0.717, 1.165) is 42.2 Å². The molecule has 6 nitrogen and oxygen atoms in total. The van der Waals surface area contributed by atoms with Crippen LogP contribution in [0.3, 0.4) is 0 Å². The molecule has 2 aromatic rings. The van der Waals surface area contributed by atoms with Gasteiger partial charge in [-0.15, -0.1) is 11.3 Å². The van der Waals surface area contributed by atoms with Gasteiger partial charge in [0.05, 0.1) is 19.2 Å². The molecule has 0 atom stereocenters. The highest BCUT2D eigenvalue weighted by molar-refractivity contribution is 7.16. The number of nitrogens with one attached hydrogen (secondary N) is 1. The summed E-state index contributed by atoms with van der Waals surface area (Å²) in [4.78, 5) is 17.8. The van der Waals surface area contributed by atoms with Crippen LogP contribution in [0.15, 0.2) is 18.2 Å². The molecule has 1 amide bonds. The Labute approximate surface area is 174 Å². The number of hydrogen-bond donors (Lipinski definition) is 1. The van der Waals surface area contributed by atoms with E-state index in [1.165, 1.54) is 24.5 Å². The fraction of sp³-hybridized carbons (Fsp3) is 0.429. The van der Waals surface area contributed by atoms with Crippen LogP contribution < -0.4 is 10.1 Å². The second-order valence-corrected chi connectivity index (χ2v) is 8.39. The molecular formula is C21H25FN4O2S. The largest absolute Gasteiger partial charge is 0.494 e. The molecule has 3 rings (SSSR count). The van der Waals surface area contributed by atoms with Gasteiger partial charge in [-0.3, -0.25) is 14.6 Å². The van der Waals surface area contributed by atoms with Gasteiger partial charge >= 0.3 is 0 Å². The molecular weight excluding hydrogens is 391 g/mol. The number of benzene rings is 1. The number of methoxy groups -OCH3 is 1. The number of anilines is 1. The Morgan fingerprint density at radius 3 is 2.59 bits per heavy atom. The van der Waals surface area contributed by atoms with Gasteiger partial charge in [0.2, 0.25) is 5.91 Å². The lowest BCUT2D eigenvalue weighted by Gasteiger charge is -2.34. The summed E-state index contributed by atoms with van der Waals surface area (Å²) in [5, 5.41) is 12.8. The number of carbonyl (C=O) groups excluding carboxylic acids is 1. The van der Waals surface area contributed by atoms with E-state index in [2.05, 4.69) is 21.2 Å². The molecule has 0 unspecified atom stereocenters. The van der Waals surface area contributed by atoms with Crippen LogP contribution in [0.5, 0.6) is 5.75 Å². The Hall–Kier alpha value is -2.47. The first-order chi connectivity index (χ1) is 13.9. The zero-order valence-electron chi connectivity index (χ0n) is 16.9. The van der Waals surface area contributed by atoms with Crippen molar-refractivity contribution in [2.24, 2.45) is 0 Å². The molecule has 1 saturated heterocycles. The van der Waals surface area contributed by atoms with Crippen LogP contribution in [-0.2, 0) is 11.3 Å². The van der Waals surface area contributed by atoms with Crippen molar-refractivity contribution in [2.75, 3.05) is 45.2 Å². The lowest BCUT2D eigenvalue weighted by atomic mass is 10.1. The van der Waals surface area contributed by atoms with Gasteiger partial charge in [-0.1, -0.05) is 6.07 Å². The van der Waals surface area contributed by atoms with E-state index < -0.39 is 0 Å². The molecule has 1 N–H and O–H groups in total. The zero-order chi connectivity index (χ0) is 21.0. The number of nitrogens with zero attached hydrogens (tertiary/aromatic N) is 3.